The molecule has 0 aliphatic heterocycles. The molecule has 0 aromatic heterocycles. The highest BCUT2D eigenvalue weighted by molar-refractivity contribution is 7.98. The van der Waals surface area contributed by atoms with Gasteiger partial charge in [0.25, 0.3) is 0 Å². The lowest BCUT2D eigenvalue weighted by Gasteiger charge is -2.19. The van der Waals surface area contributed by atoms with Crippen LogP contribution in [0.3, 0.4) is 0 Å². The van der Waals surface area contributed by atoms with Gasteiger partial charge in [-0.25, -0.2) is 0 Å². The van der Waals surface area contributed by atoms with Crippen LogP contribution in [0.1, 0.15) is 24.9 Å². The van der Waals surface area contributed by atoms with Gasteiger partial charge in [0.15, 0.2) is 0 Å². The van der Waals surface area contributed by atoms with E-state index in [-0.39, 0.29) is 0 Å². The standard InChI is InChI=1S/C17H21NOS/c1-4-17(13-5-9-15(19-2)10-6-13)18-14-7-11-16(20-3)12-8-14/h5-12,17-18H,4H2,1-3H3. The first-order valence-corrected chi connectivity index (χ1v) is 8.03. The minimum Gasteiger partial charge on any atom is -0.497 e. The molecular formula is C17H21NOS. The lowest BCUT2D eigenvalue weighted by atomic mass is 10.0. The highest BCUT2D eigenvalue weighted by Gasteiger charge is 2.09. The Morgan fingerprint density at radius 2 is 1.70 bits per heavy atom. The Morgan fingerprint density at radius 1 is 1.05 bits per heavy atom. The van der Waals surface area contributed by atoms with Crippen molar-refractivity contribution in [3.63, 3.8) is 0 Å². The number of methoxy groups -OCH3 is 1. The predicted octanol–water partition coefficient (Wildman–Crippen LogP) is 4.98. The van der Waals surface area contributed by atoms with Crippen molar-refractivity contribution in [3.05, 3.63) is 54.1 Å². The highest BCUT2D eigenvalue weighted by atomic mass is 32.2. The molecule has 0 heterocycles. The summed E-state index contributed by atoms with van der Waals surface area (Å²) >= 11 is 1.76. The van der Waals surface area contributed by atoms with E-state index >= 15 is 0 Å². The third kappa shape index (κ3) is 3.70. The fourth-order valence-electron chi connectivity index (χ4n) is 2.15. The number of ether oxygens (including phenoxy) is 1. The van der Waals surface area contributed by atoms with Crippen LogP contribution in [0.5, 0.6) is 5.75 Å². The molecule has 0 fully saturated rings. The average Bonchev–Trinajstić information content (AvgIpc) is 2.53. The van der Waals surface area contributed by atoms with Crippen LogP contribution in [-0.4, -0.2) is 13.4 Å². The summed E-state index contributed by atoms with van der Waals surface area (Å²) in [6.07, 6.45) is 3.13. The second kappa shape index (κ2) is 7.25. The fourth-order valence-corrected chi connectivity index (χ4v) is 2.55. The number of rotatable bonds is 6. The molecule has 0 saturated heterocycles. The van der Waals surface area contributed by atoms with Crippen LogP contribution in [0.15, 0.2) is 53.4 Å². The molecule has 1 N–H and O–H groups in total. The van der Waals surface area contributed by atoms with Crippen molar-refractivity contribution in [2.75, 3.05) is 18.7 Å². The summed E-state index contributed by atoms with van der Waals surface area (Å²) in [6, 6.07) is 17.2. The lowest BCUT2D eigenvalue weighted by molar-refractivity contribution is 0.414. The summed E-state index contributed by atoms with van der Waals surface area (Å²) in [5, 5.41) is 3.58. The fraction of sp³-hybridized carbons (Fsp3) is 0.294. The van der Waals surface area contributed by atoms with E-state index in [0.717, 1.165) is 17.9 Å². The van der Waals surface area contributed by atoms with Gasteiger partial charge in [-0.15, -0.1) is 11.8 Å². The Bertz CT molecular complexity index is 522. The molecule has 1 atom stereocenters. The van der Waals surface area contributed by atoms with Crippen LogP contribution in [0.2, 0.25) is 0 Å². The van der Waals surface area contributed by atoms with Crippen molar-refractivity contribution < 1.29 is 4.74 Å². The zero-order valence-corrected chi connectivity index (χ0v) is 13.0. The van der Waals surface area contributed by atoms with Crippen molar-refractivity contribution >= 4 is 17.4 Å². The van der Waals surface area contributed by atoms with Gasteiger partial charge in [0.05, 0.1) is 13.2 Å². The molecule has 2 rings (SSSR count). The van der Waals surface area contributed by atoms with E-state index in [1.54, 1.807) is 18.9 Å². The molecular weight excluding hydrogens is 266 g/mol. The van der Waals surface area contributed by atoms with E-state index < -0.39 is 0 Å². The van der Waals surface area contributed by atoms with E-state index in [4.69, 9.17) is 4.74 Å². The van der Waals surface area contributed by atoms with E-state index in [9.17, 15) is 0 Å². The number of thioether (sulfide) groups is 1. The first-order chi connectivity index (χ1) is 9.76. The van der Waals surface area contributed by atoms with Crippen molar-refractivity contribution in [2.45, 2.75) is 24.3 Å². The van der Waals surface area contributed by atoms with Gasteiger partial charge in [0.2, 0.25) is 0 Å². The molecule has 106 valence electrons. The highest BCUT2D eigenvalue weighted by Crippen LogP contribution is 2.25. The molecule has 1 unspecified atom stereocenters. The summed E-state index contributed by atoms with van der Waals surface area (Å²) in [5.74, 6) is 0.896. The van der Waals surface area contributed by atoms with Crippen molar-refractivity contribution in [1.29, 1.82) is 0 Å². The Labute approximate surface area is 125 Å². The largest absolute Gasteiger partial charge is 0.497 e. The molecule has 0 amide bonds. The van der Waals surface area contributed by atoms with Gasteiger partial charge in [-0.3, -0.25) is 0 Å². The molecule has 0 spiro atoms. The molecule has 0 aliphatic rings. The topological polar surface area (TPSA) is 21.3 Å². The van der Waals surface area contributed by atoms with E-state index in [0.29, 0.717) is 6.04 Å². The average molecular weight is 287 g/mol. The minimum absolute atomic E-state index is 0.320. The monoisotopic (exact) mass is 287 g/mol. The molecule has 2 aromatic carbocycles. The Hall–Kier alpha value is -1.61. The van der Waals surface area contributed by atoms with E-state index in [2.05, 4.69) is 54.9 Å². The maximum absolute atomic E-state index is 5.20. The van der Waals surface area contributed by atoms with Gasteiger partial charge < -0.3 is 10.1 Å². The van der Waals surface area contributed by atoms with Crippen molar-refractivity contribution in [2.24, 2.45) is 0 Å². The Morgan fingerprint density at radius 3 is 2.20 bits per heavy atom. The second-order valence-electron chi connectivity index (χ2n) is 4.61. The molecule has 2 aromatic rings. The number of anilines is 1. The summed E-state index contributed by atoms with van der Waals surface area (Å²) in [4.78, 5) is 1.29. The third-order valence-corrected chi connectivity index (χ3v) is 4.10. The molecule has 0 bridgehead atoms. The Kier molecular flexibility index (Phi) is 5.36. The number of benzene rings is 2. The SMILES string of the molecule is CCC(Nc1ccc(SC)cc1)c1ccc(OC)cc1. The molecule has 0 saturated carbocycles. The molecule has 0 radical (unpaired) electrons. The molecule has 2 nitrogen and oxygen atoms in total. The van der Waals surface area contributed by atoms with Gasteiger partial charge in [-0.2, -0.15) is 0 Å². The molecule has 0 aliphatic carbocycles. The van der Waals surface area contributed by atoms with Crippen LogP contribution >= 0.6 is 11.8 Å². The normalized spacial score (nSPS) is 11.9. The molecule has 3 heteroatoms. The number of hydrogen-bond acceptors (Lipinski definition) is 3. The summed E-state index contributed by atoms with van der Waals surface area (Å²) in [5.41, 5.74) is 2.44. The van der Waals surface area contributed by atoms with Gasteiger partial charge in [0, 0.05) is 10.6 Å². The van der Waals surface area contributed by atoms with Crippen LogP contribution in [0.25, 0.3) is 0 Å². The second-order valence-corrected chi connectivity index (χ2v) is 5.49. The zero-order valence-electron chi connectivity index (χ0n) is 12.2. The summed E-state index contributed by atoms with van der Waals surface area (Å²) < 4.78 is 5.20. The van der Waals surface area contributed by atoms with Crippen LogP contribution in [0, 0.1) is 0 Å². The summed E-state index contributed by atoms with van der Waals surface area (Å²) in [6.45, 7) is 2.19. The molecule has 20 heavy (non-hydrogen) atoms. The first kappa shape index (κ1) is 14.8. The van der Waals surface area contributed by atoms with Crippen LogP contribution < -0.4 is 10.1 Å². The summed E-state index contributed by atoms with van der Waals surface area (Å²) in [7, 11) is 1.69. The van der Waals surface area contributed by atoms with Gasteiger partial charge in [-0.05, 0) is 54.6 Å². The van der Waals surface area contributed by atoms with Crippen LogP contribution in [-0.2, 0) is 0 Å². The first-order valence-electron chi connectivity index (χ1n) is 6.81. The quantitative estimate of drug-likeness (QED) is 0.757. The maximum Gasteiger partial charge on any atom is 0.118 e. The maximum atomic E-state index is 5.20. The van der Waals surface area contributed by atoms with Gasteiger partial charge in [0.1, 0.15) is 5.75 Å². The Balaban J connectivity index is 2.10. The van der Waals surface area contributed by atoms with Crippen molar-refractivity contribution in [3.8, 4) is 5.75 Å². The van der Waals surface area contributed by atoms with E-state index in [1.807, 2.05) is 12.1 Å². The lowest BCUT2D eigenvalue weighted by Crippen LogP contribution is -2.09. The third-order valence-electron chi connectivity index (χ3n) is 3.36. The van der Waals surface area contributed by atoms with Gasteiger partial charge in [-0.1, -0.05) is 19.1 Å². The minimum atomic E-state index is 0.320. The van der Waals surface area contributed by atoms with Crippen LogP contribution in [0.4, 0.5) is 5.69 Å². The number of hydrogen-bond donors (Lipinski definition) is 1. The smallest absolute Gasteiger partial charge is 0.118 e. The van der Waals surface area contributed by atoms with Crippen molar-refractivity contribution in [1.82, 2.24) is 0 Å². The predicted molar refractivity (Wildman–Crippen MR) is 87.9 cm³/mol. The van der Waals surface area contributed by atoms with Gasteiger partial charge >= 0.3 is 0 Å². The van der Waals surface area contributed by atoms with E-state index in [1.165, 1.54) is 10.5 Å². The number of nitrogens with one attached hydrogen (secondary N) is 1. The zero-order chi connectivity index (χ0) is 14.4.